The van der Waals surface area contributed by atoms with Crippen LogP contribution in [0, 0.1) is 11.8 Å². The standard InChI is InChI=1S/C16H13NOS/c1-3-16(18)17(2)15-7-5-4-6-14(15)9-8-13-10-11-19-12-13/h3-7,10-12H,1H2,2H3. The quantitative estimate of drug-likeness (QED) is 0.604. The predicted octanol–water partition coefficient (Wildman–Crippen LogP) is 3.30. The first-order chi connectivity index (χ1) is 9.22. The summed E-state index contributed by atoms with van der Waals surface area (Å²) in [5, 5.41) is 3.98. The summed E-state index contributed by atoms with van der Waals surface area (Å²) in [6.07, 6.45) is 1.29. The van der Waals surface area contributed by atoms with Gasteiger partial charge in [-0.3, -0.25) is 4.79 Å². The van der Waals surface area contributed by atoms with Crippen molar-refractivity contribution >= 4 is 22.9 Å². The number of carbonyl (C=O) groups excluding carboxylic acids is 1. The largest absolute Gasteiger partial charge is 0.311 e. The number of rotatable bonds is 2. The number of thiophene rings is 1. The molecule has 1 heterocycles. The molecule has 0 atom stereocenters. The van der Waals surface area contributed by atoms with Gasteiger partial charge < -0.3 is 4.90 Å². The van der Waals surface area contributed by atoms with Gasteiger partial charge in [0.05, 0.1) is 5.69 Å². The summed E-state index contributed by atoms with van der Waals surface area (Å²) in [5.41, 5.74) is 2.60. The Balaban J connectivity index is 2.36. The average Bonchev–Trinajstić information content (AvgIpc) is 2.97. The van der Waals surface area contributed by atoms with Gasteiger partial charge in [0.2, 0.25) is 5.91 Å². The summed E-state index contributed by atoms with van der Waals surface area (Å²) in [5.74, 6) is 6.05. The minimum absolute atomic E-state index is 0.148. The van der Waals surface area contributed by atoms with Gasteiger partial charge in [0.1, 0.15) is 0 Å². The average molecular weight is 267 g/mol. The summed E-state index contributed by atoms with van der Waals surface area (Å²) in [4.78, 5) is 13.2. The number of benzene rings is 1. The molecule has 1 amide bonds. The second kappa shape index (κ2) is 6.03. The molecule has 0 aliphatic heterocycles. The third-order valence-corrected chi connectivity index (χ3v) is 3.32. The SMILES string of the molecule is C=CC(=O)N(C)c1ccccc1C#Cc1ccsc1. The van der Waals surface area contributed by atoms with Crippen molar-refractivity contribution in [3.8, 4) is 11.8 Å². The molecule has 94 valence electrons. The topological polar surface area (TPSA) is 20.3 Å². The van der Waals surface area contributed by atoms with Crippen LogP contribution in [0.2, 0.25) is 0 Å². The zero-order valence-corrected chi connectivity index (χ0v) is 11.4. The maximum absolute atomic E-state index is 11.7. The van der Waals surface area contributed by atoms with E-state index < -0.39 is 0 Å². The molecule has 0 bridgehead atoms. The number of hydrogen-bond donors (Lipinski definition) is 0. The van der Waals surface area contributed by atoms with Gasteiger partial charge in [0.15, 0.2) is 0 Å². The lowest BCUT2D eigenvalue weighted by Gasteiger charge is -2.16. The predicted molar refractivity (Wildman–Crippen MR) is 80.3 cm³/mol. The Hall–Kier alpha value is -2.31. The fourth-order valence-corrected chi connectivity index (χ4v) is 2.19. The van der Waals surface area contributed by atoms with Gasteiger partial charge in [-0.05, 0) is 29.7 Å². The van der Waals surface area contributed by atoms with Crippen LogP contribution >= 0.6 is 11.3 Å². The van der Waals surface area contributed by atoms with Crippen LogP contribution in [0.1, 0.15) is 11.1 Å². The highest BCUT2D eigenvalue weighted by molar-refractivity contribution is 7.08. The molecule has 0 fully saturated rings. The van der Waals surface area contributed by atoms with Crippen LogP contribution in [0.3, 0.4) is 0 Å². The zero-order chi connectivity index (χ0) is 13.7. The Morgan fingerprint density at radius 1 is 1.32 bits per heavy atom. The summed E-state index contributed by atoms with van der Waals surface area (Å²) in [7, 11) is 1.72. The third kappa shape index (κ3) is 3.12. The second-order valence-electron chi connectivity index (χ2n) is 3.88. The van der Waals surface area contributed by atoms with Gasteiger partial charge >= 0.3 is 0 Å². The monoisotopic (exact) mass is 267 g/mol. The van der Waals surface area contributed by atoms with E-state index in [0.29, 0.717) is 0 Å². The van der Waals surface area contributed by atoms with E-state index in [9.17, 15) is 4.79 Å². The van der Waals surface area contributed by atoms with Crippen molar-refractivity contribution in [2.24, 2.45) is 0 Å². The van der Waals surface area contributed by atoms with Gasteiger partial charge in [-0.1, -0.05) is 30.6 Å². The van der Waals surface area contributed by atoms with Gasteiger partial charge in [-0.25, -0.2) is 0 Å². The molecule has 0 unspecified atom stereocenters. The van der Waals surface area contributed by atoms with Crippen LogP contribution in [0.5, 0.6) is 0 Å². The minimum atomic E-state index is -0.148. The van der Waals surface area contributed by atoms with Crippen LogP contribution in [0.15, 0.2) is 53.7 Å². The molecule has 19 heavy (non-hydrogen) atoms. The lowest BCUT2D eigenvalue weighted by Crippen LogP contribution is -2.24. The highest BCUT2D eigenvalue weighted by Crippen LogP contribution is 2.18. The van der Waals surface area contributed by atoms with Crippen molar-refractivity contribution in [1.29, 1.82) is 0 Å². The van der Waals surface area contributed by atoms with Crippen LogP contribution in [0.25, 0.3) is 0 Å². The van der Waals surface area contributed by atoms with E-state index in [-0.39, 0.29) is 5.91 Å². The highest BCUT2D eigenvalue weighted by Gasteiger charge is 2.09. The van der Waals surface area contributed by atoms with Crippen LogP contribution in [-0.4, -0.2) is 13.0 Å². The van der Waals surface area contributed by atoms with Crippen LogP contribution in [-0.2, 0) is 4.79 Å². The molecule has 2 aromatic rings. The number of amides is 1. The summed E-state index contributed by atoms with van der Waals surface area (Å²) in [6.45, 7) is 3.50. The molecule has 0 aliphatic rings. The van der Waals surface area contributed by atoms with Gasteiger partial charge in [0, 0.05) is 23.6 Å². The summed E-state index contributed by atoms with van der Waals surface area (Å²) in [6, 6.07) is 9.55. The first-order valence-corrected chi connectivity index (χ1v) is 6.70. The molecule has 0 saturated carbocycles. The Morgan fingerprint density at radius 2 is 2.11 bits per heavy atom. The van der Waals surface area contributed by atoms with E-state index >= 15 is 0 Å². The Morgan fingerprint density at radius 3 is 2.79 bits per heavy atom. The molecule has 0 saturated heterocycles. The van der Waals surface area contributed by atoms with Crippen molar-refractivity contribution in [3.63, 3.8) is 0 Å². The van der Waals surface area contributed by atoms with E-state index in [2.05, 4.69) is 18.4 Å². The molecule has 0 spiro atoms. The lowest BCUT2D eigenvalue weighted by molar-refractivity contribution is -0.113. The van der Waals surface area contributed by atoms with E-state index in [1.54, 1.807) is 23.3 Å². The molecule has 0 N–H and O–H groups in total. The van der Waals surface area contributed by atoms with Crippen molar-refractivity contribution in [1.82, 2.24) is 0 Å². The number of anilines is 1. The summed E-state index contributed by atoms with van der Waals surface area (Å²) >= 11 is 1.61. The van der Waals surface area contributed by atoms with Crippen molar-refractivity contribution in [3.05, 3.63) is 64.9 Å². The second-order valence-corrected chi connectivity index (χ2v) is 4.66. The fraction of sp³-hybridized carbons (Fsp3) is 0.0625. The molecule has 0 radical (unpaired) electrons. The van der Waals surface area contributed by atoms with Gasteiger partial charge in [0.25, 0.3) is 0 Å². The van der Waals surface area contributed by atoms with E-state index in [4.69, 9.17) is 0 Å². The lowest BCUT2D eigenvalue weighted by atomic mass is 10.1. The van der Waals surface area contributed by atoms with Crippen LogP contribution < -0.4 is 4.90 Å². The number of hydrogen-bond acceptors (Lipinski definition) is 2. The van der Waals surface area contributed by atoms with Crippen LogP contribution in [0.4, 0.5) is 5.69 Å². The molecular weight excluding hydrogens is 254 g/mol. The van der Waals surface area contributed by atoms with E-state index in [1.165, 1.54) is 6.08 Å². The first kappa shape index (κ1) is 13.1. The highest BCUT2D eigenvalue weighted by atomic mass is 32.1. The Kier molecular flexibility index (Phi) is 4.17. The van der Waals surface area contributed by atoms with E-state index in [0.717, 1.165) is 16.8 Å². The molecule has 1 aromatic carbocycles. The van der Waals surface area contributed by atoms with Gasteiger partial charge in [-0.15, -0.1) is 0 Å². The van der Waals surface area contributed by atoms with Crippen molar-refractivity contribution in [2.75, 3.05) is 11.9 Å². The minimum Gasteiger partial charge on any atom is -0.311 e. The number of carbonyl (C=O) groups is 1. The number of nitrogens with zero attached hydrogens (tertiary/aromatic N) is 1. The molecule has 2 rings (SSSR count). The molecule has 3 heteroatoms. The number of para-hydroxylation sites is 1. The maximum Gasteiger partial charge on any atom is 0.250 e. The van der Waals surface area contributed by atoms with Gasteiger partial charge in [-0.2, -0.15) is 11.3 Å². The first-order valence-electron chi connectivity index (χ1n) is 5.75. The Bertz CT molecular complexity index is 647. The smallest absolute Gasteiger partial charge is 0.250 e. The molecule has 1 aromatic heterocycles. The molecular formula is C16H13NOS. The molecule has 0 aliphatic carbocycles. The number of likely N-dealkylation sites (N-methyl/N-ethyl adjacent to an activating group) is 1. The summed E-state index contributed by atoms with van der Waals surface area (Å²) < 4.78 is 0. The maximum atomic E-state index is 11.7. The van der Waals surface area contributed by atoms with Crippen molar-refractivity contribution < 1.29 is 4.79 Å². The Labute approximate surface area is 117 Å². The fourth-order valence-electron chi connectivity index (χ4n) is 1.60. The zero-order valence-electron chi connectivity index (χ0n) is 10.6. The normalized spacial score (nSPS) is 9.32. The van der Waals surface area contributed by atoms with Crippen molar-refractivity contribution in [2.45, 2.75) is 0 Å². The third-order valence-electron chi connectivity index (χ3n) is 2.63. The molecule has 2 nitrogen and oxygen atoms in total. The van der Waals surface area contributed by atoms with E-state index in [1.807, 2.05) is 41.1 Å².